The largest absolute Gasteiger partial charge is 0.472 e. The molecule has 0 saturated carbocycles. The fourth-order valence-corrected chi connectivity index (χ4v) is 9.89. The molecule has 0 rings (SSSR count). The third kappa shape index (κ3) is 59.5. The van der Waals surface area contributed by atoms with Crippen LogP contribution in [-0.2, 0) is 42.2 Å². The number of phosphoric ester groups is 1. The molecule has 0 bridgehead atoms. The highest BCUT2D eigenvalue weighted by molar-refractivity contribution is 7.47. The topological polar surface area (TPSA) is 155 Å². The molecule has 0 radical (unpaired) electrons. The maximum absolute atomic E-state index is 13.0. The van der Waals surface area contributed by atoms with Gasteiger partial charge in [-0.25, -0.2) is 4.57 Å². The van der Waals surface area contributed by atoms with Crippen molar-refractivity contribution < 1.29 is 52.2 Å². The van der Waals surface area contributed by atoms with Gasteiger partial charge in [0.05, 0.1) is 19.8 Å². The van der Waals surface area contributed by atoms with Crippen LogP contribution in [0.4, 0.5) is 0 Å². The number of hydrogen-bond donors (Lipinski definition) is 2. The lowest BCUT2D eigenvalue weighted by Gasteiger charge is -2.21. The van der Waals surface area contributed by atoms with E-state index in [1.54, 1.807) is 0 Å². The Kier molecular flexibility index (Phi) is 59.6. The van der Waals surface area contributed by atoms with Gasteiger partial charge in [-0.05, 0) is 109 Å². The van der Waals surface area contributed by atoms with Gasteiger partial charge in [-0.15, -0.1) is 0 Å². The first-order valence-electron chi connectivity index (χ1n) is 32.8. The number of carbonyl (C=O) groups is 3. The van der Waals surface area contributed by atoms with E-state index in [1.807, 2.05) is 0 Å². The Morgan fingerprint density at radius 1 is 0.362 bits per heavy atom. The van der Waals surface area contributed by atoms with E-state index in [-0.39, 0.29) is 25.9 Å². The van der Waals surface area contributed by atoms with E-state index in [9.17, 15) is 28.9 Å². The number of hydrogen-bond acceptors (Lipinski definition) is 10. The Morgan fingerprint density at radius 3 is 1.04 bits per heavy atom. The summed E-state index contributed by atoms with van der Waals surface area (Å²) in [7, 11) is -4.76. The van der Waals surface area contributed by atoms with Crippen molar-refractivity contribution in [3.8, 4) is 0 Å². The molecule has 0 aliphatic rings. The second kappa shape index (κ2) is 62.0. The van der Waals surface area contributed by atoms with Crippen LogP contribution in [0.1, 0.15) is 303 Å². The molecule has 3 atom stereocenters. The van der Waals surface area contributed by atoms with Gasteiger partial charge in [0, 0.05) is 19.3 Å². The molecule has 0 aromatic rings. The zero-order chi connectivity index (χ0) is 58.3. The Balaban J connectivity index is 4.70. The number of ether oxygens (including phenoxy) is 3. The molecule has 12 heteroatoms. The zero-order valence-electron chi connectivity index (χ0n) is 51.5. The standard InChI is InChI=1S/C68H121O11P/c1-4-7-10-13-16-19-22-25-28-31-32-35-36-39-42-45-48-51-54-57-66(70)75-61-65(79-68(72)59-56-53-50-47-44-41-38-34-30-27-24-21-18-15-12-9-6-3)63-77-80(73,74)76-62-64(60-69)78-67(71)58-55-52-49-46-43-40-37-33-29-26-23-20-17-14-11-8-5-2/h9,12,16,18-19,21,25-30,64-65,69H,4-8,10-11,13-15,17,20,22-24,31-63H2,1-3H3,(H,73,74)/b12-9-,19-16-,21-18-,28-25-,29-26-,30-27-. The summed E-state index contributed by atoms with van der Waals surface area (Å²) in [6.07, 6.45) is 71.3. The molecule has 0 aliphatic heterocycles. The van der Waals surface area contributed by atoms with Gasteiger partial charge in [0.1, 0.15) is 12.7 Å². The molecular weight excluding hydrogens is 1020 g/mol. The molecule has 0 heterocycles. The quantitative estimate of drug-likeness (QED) is 0.0197. The minimum absolute atomic E-state index is 0.154. The number of aliphatic hydroxyl groups excluding tert-OH is 1. The van der Waals surface area contributed by atoms with E-state index >= 15 is 0 Å². The summed E-state index contributed by atoms with van der Waals surface area (Å²) in [5.41, 5.74) is 0. The van der Waals surface area contributed by atoms with Crippen LogP contribution >= 0.6 is 7.82 Å². The Labute approximate surface area is 490 Å². The average Bonchev–Trinajstić information content (AvgIpc) is 3.45. The van der Waals surface area contributed by atoms with E-state index in [2.05, 4.69) is 93.7 Å². The second-order valence-corrected chi connectivity index (χ2v) is 23.3. The van der Waals surface area contributed by atoms with Crippen LogP contribution < -0.4 is 0 Å². The van der Waals surface area contributed by atoms with Crippen molar-refractivity contribution in [1.82, 2.24) is 0 Å². The lowest BCUT2D eigenvalue weighted by Crippen LogP contribution is -2.30. The normalized spacial score (nSPS) is 13.7. The van der Waals surface area contributed by atoms with Crippen molar-refractivity contribution in [3.63, 3.8) is 0 Å². The van der Waals surface area contributed by atoms with Crippen LogP contribution in [0.15, 0.2) is 72.9 Å². The first-order chi connectivity index (χ1) is 39.2. The maximum atomic E-state index is 13.0. The molecule has 3 unspecified atom stereocenters. The molecule has 0 fully saturated rings. The van der Waals surface area contributed by atoms with E-state index in [0.29, 0.717) is 19.3 Å². The van der Waals surface area contributed by atoms with Crippen molar-refractivity contribution in [3.05, 3.63) is 72.9 Å². The molecule has 2 N–H and O–H groups in total. The minimum Gasteiger partial charge on any atom is -0.462 e. The number of carbonyl (C=O) groups excluding carboxylic acids is 3. The van der Waals surface area contributed by atoms with Gasteiger partial charge < -0.3 is 24.2 Å². The predicted octanol–water partition coefficient (Wildman–Crippen LogP) is 20.0. The first-order valence-corrected chi connectivity index (χ1v) is 34.3. The summed E-state index contributed by atoms with van der Waals surface area (Å²) < 4.78 is 39.7. The van der Waals surface area contributed by atoms with Crippen LogP contribution in [0, 0.1) is 0 Å². The molecule has 0 aromatic heterocycles. The van der Waals surface area contributed by atoms with Gasteiger partial charge in [-0.3, -0.25) is 23.4 Å². The summed E-state index contributed by atoms with van der Waals surface area (Å²) in [5, 5.41) is 9.86. The highest BCUT2D eigenvalue weighted by Crippen LogP contribution is 2.43. The Hall–Kier alpha value is -3.08. The fourth-order valence-electron chi connectivity index (χ4n) is 9.10. The Bertz CT molecular complexity index is 1620. The van der Waals surface area contributed by atoms with Gasteiger partial charge in [-0.2, -0.15) is 0 Å². The molecule has 80 heavy (non-hydrogen) atoms. The van der Waals surface area contributed by atoms with Crippen molar-refractivity contribution >= 4 is 25.7 Å². The zero-order valence-corrected chi connectivity index (χ0v) is 52.4. The van der Waals surface area contributed by atoms with E-state index in [0.717, 1.165) is 116 Å². The number of unbranched alkanes of at least 4 members (excludes halogenated alkanes) is 32. The van der Waals surface area contributed by atoms with E-state index in [4.69, 9.17) is 23.3 Å². The lowest BCUT2D eigenvalue weighted by atomic mass is 10.1. The summed E-state index contributed by atoms with van der Waals surface area (Å²) in [4.78, 5) is 48.8. The second-order valence-electron chi connectivity index (χ2n) is 21.9. The van der Waals surface area contributed by atoms with Gasteiger partial charge in [0.2, 0.25) is 0 Å². The van der Waals surface area contributed by atoms with E-state index in [1.165, 1.54) is 128 Å². The van der Waals surface area contributed by atoms with Gasteiger partial charge in [0.25, 0.3) is 0 Å². The minimum atomic E-state index is -4.76. The van der Waals surface area contributed by atoms with Crippen LogP contribution in [0.2, 0.25) is 0 Å². The molecule has 0 aromatic carbocycles. The predicted molar refractivity (Wildman–Crippen MR) is 335 cm³/mol. The molecule has 11 nitrogen and oxygen atoms in total. The molecule has 0 saturated heterocycles. The molecule has 464 valence electrons. The molecule has 0 spiro atoms. The summed E-state index contributed by atoms with van der Waals surface area (Å²) in [5.74, 6) is -1.47. The highest BCUT2D eigenvalue weighted by Gasteiger charge is 2.28. The number of rotatable bonds is 61. The lowest BCUT2D eigenvalue weighted by molar-refractivity contribution is -0.161. The van der Waals surface area contributed by atoms with Crippen LogP contribution in [0.3, 0.4) is 0 Å². The fraction of sp³-hybridized carbons (Fsp3) is 0.779. The van der Waals surface area contributed by atoms with E-state index < -0.39 is 57.8 Å². The van der Waals surface area contributed by atoms with Gasteiger partial charge in [0.15, 0.2) is 6.10 Å². The third-order valence-electron chi connectivity index (χ3n) is 14.1. The van der Waals surface area contributed by atoms with Gasteiger partial charge >= 0.3 is 25.7 Å². The van der Waals surface area contributed by atoms with Crippen LogP contribution in [0.25, 0.3) is 0 Å². The molecular formula is C68H121O11P. The number of aliphatic hydroxyl groups is 1. The molecule has 0 aliphatic carbocycles. The number of phosphoric acid groups is 1. The van der Waals surface area contributed by atoms with Crippen molar-refractivity contribution in [1.29, 1.82) is 0 Å². The van der Waals surface area contributed by atoms with Crippen LogP contribution in [0.5, 0.6) is 0 Å². The first kappa shape index (κ1) is 76.9. The Morgan fingerprint density at radius 2 is 0.650 bits per heavy atom. The van der Waals surface area contributed by atoms with Crippen molar-refractivity contribution in [2.45, 2.75) is 315 Å². The maximum Gasteiger partial charge on any atom is 0.472 e. The summed E-state index contributed by atoms with van der Waals surface area (Å²) >= 11 is 0. The van der Waals surface area contributed by atoms with Crippen LogP contribution in [-0.4, -0.2) is 66.5 Å². The third-order valence-corrected chi connectivity index (χ3v) is 15.0. The van der Waals surface area contributed by atoms with Crippen molar-refractivity contribution in [2.75, 3.05) is 26.4 Å². The van der Waals surface area contributed by atoms with Crippen molar-refractivity contribution in [2.24, 2.45) is 0 Å². The number of esters is 3. The van der Waals surface area contributed by atoms with Gasteiger partial charge in [-0.1, -0.05) is 248 Å². The summed E-state index contributed by atoms with van der Waals surface area (Å²) in [6.45, 7) is 4.53. The average molecular weight is 1150 g/mol. The highest BCUT2D eigenvalue weighted by atomic mass is 31.2. The monoisotopic (exact) mass is 1140 g/mol. The summed E-state index contributed by atoms with van der Waals surface area (Å²) in [6, 6.07) is 0. The SMILES string of the molecule is CC/C=C\C/C=C\C/C=C\CCCCCCCCCC(=O)OC(COC(=O)CCCCCCCCCCC/C=C\C/C=C\CCCCC)COP(=O)(O)OCC(CO)OC(=O)CCCCCCCCC/C=C\CCCCCCCC. The molecule has 0 amide bonds. The number of allylic oxidation sites excluding steroid dienone is 12. The smallest absolute Gasteiger partial charge is 0.462 e.